The van der Waals surface area contributed by atoms with Gasteiger partial charge in [-0.2, -0.15) is 0 Å². The molecule has 2 heteroatoms. The van der Waals surface area contributed by atoms with E-state index in [1.807, 2.05) is 6.08 Å². The molecular formula is C14H23N2+. The van der Waals surface area contributed by atoms with Crippen molar-refractivity contribution in [1.82, 2.24) is 4.57 Å². The van der Waals surface area contributed by atoms with Crippen molar-refractivity contribution in [2.45, 2.75) is 13.5 Å². The normalized spacial score (nSPS) is 11.6. The Kier molecular flexibility index (Phi) is 3.44. The molecule has 0 spiro atoms. The van der Waals surface area contributed by atoms with Crippen LogP contribution >= 0.6 is 0 Å². The molecule has 88 valence electrons. The van der Waals surface area contributed by atoms with Gasteiger partial charge in [-0.25, -0.2) is 0 Å². The predicted octanol–water partition coefficient (Wildman–Crippen LogP) is 2.91. The molecule has 0 unspecified atom stereocenters. The molecule has 0 aliphatic carbocycles. The highest BCUT2D eigenvalue weighted by Crippen LogP contribution is 2.26. The summed E-state index contributed by atoms with van der Waals surface area (Å²) in [6.07, 6.45) is 4.09. The Morgan fingerprint density at radius 3 is 2.38 bits per heavy atom. The molecule has 1 rings (SSSR count). The smallest absolute Gasteiger partial charge is 0.106 e. The lowest BCUT2D eigenvalue weighted by molar-refractivity contribution is -0.884. The second-order valence-corrected chi connectivity index (χ2v) is 5.46. The lowest BCUT2D eigenvalue weighted by Gasteiger charge is -2.24. The molecule has 0 aromatic carbocycles. The number of aromatic nitrogens is 1. The van der Waals surface area contributed by atoms with Crippen LogP contribution in [0.15, 0.2) is 19.4 Å². The van der Waals surface area contributed by atoms with Crippen LogP contribution in [-0.2, 0) is 13.6 Å². The Balaban J connectivity index is 3.29. The van der Waals surface area contributed by atoms with Crippen LogP contribution in [0.2, 0.25) is 0 Å². The largest absolute Gasteiger partial charge is 0.350 e. The van der Waals surface area contributed by atoms with Gasteiger partial charge < -0.3 is 9.05 Å². The third-order valence-corrected chi connectivity index (χ3v) is 2.57. The molecule has 0 fully saturated rings. The second-order valence-electron chi connectivity index (χ2n) is 5.46. The van der Waals surface area contributed by atoms with Crippen molar-refractivity contribution in [3.63, 3.8) is 0 Å². The zero-order chi connectivity index (χ0) is 12.5. The molecule has 0 radical (unpaired) electrons. The number of hydrogen-bond acceptors (Lipinski definition) is 0. The molecule has 0 bridgehead atoms. The fourth-order valence-electron chi connectivity index (χ4n) is 2.08. The number of nitrogens with zero attached hydrogens (tertiary/aromatic N) is 2. The first-order valence-electron chi connectivity index (χ1n) is 5.53. The maximum atomic E-state index is 4.07. The van der Waals surface area contributed by atoms with Crippen LogP contribution in [0.3, 0.4) is 0 Å². The van der Waals surface area contributed by atoms with E-state index in [-0.39, 0.29) is 0 Å². The van der Waals surface area contributed by atoms with Gasteiger partial charge in [0.05, 0.1) is 21.1 Å². The van der Waals surface area contributed by atoms with Crippen LogP contribution < -0.4 is 0 Å². The molecule has 0 saturated heterocycles. The maximum Gasteiger partial charge on any atom is 0.106 e. The number of hydrogen-bond donors (Lipinski definition) is 0. The third kappa shape index (κ3) is 2.64. The average molecular weight is 219 g/mol. The molecule has 1 aromatic rings. The zero-order valence-corrected chi connectivity index (χ0v) is 11.2. The summed E-state index contributed by atoms with van der Waals surface area (Å²) in [6, 6.07) is 0. The molecule has 0 aliphatic rings. The Bertz CT molecular complexity index is 417. The molecule has 16 heavy (non-hydrogen) atoms. The van der Waals surface area contributed by atoms with Crippen molar-refractivity contribution in [2.75, 3.05) is 21.1 Å². The Hall–Kier alpha value is -1.28. The van der Waals surface area contributed by atoms with Crippen LogP contribution in [-0.4, -0.2) is 30.2 Å². The van der Waals surface area contributed by atoms with E-state index in [0.29, 0.717) is 0 Å². The van der Waals surface area contributed by atoms with Crippen LogP contribution in [0.1, 0.15) is 23.7 Å². The van der Waals surface area contributed by atoms with Crippen LogP contribution in [0.5, 0.6) is 0 Å². The molecule has 0 atom stereocenters. The van der Waals surface area contributed by atoms with Gasteiger partial charge in [0, 0.05) is 30.1 Å². The van der Waals surface area contributed by atoms with E-state index >= 15 is 0 Å². The first-order chi connectivity index (χ1) is 7.26. The number of allylic oxidation sites excluding steroid dienone is 1. The van der Waals surface area contributed by atoms with Gasteiger partial charge in [0.1, 0.15) is 6.54 Å². The molecule has 0 aliphatic heterocycles. The highest BCUT2D eigenvalue weighted by atomic mass is 15.3. The highest BCUT2D eigenvalue weighted by Gasteiger charge is 2.18. The second kappa shape index (κ2) is 4.30. The van der Waals surface area contributed by atoms with Crippen molar-refractivity contribution in [3.05, 3.63) is 36.2 Å². The summed E-state index contributed by atoms with van der Waals surface area (Å²) in [5, 5.41) is 0. The molecule has 1 aromatic heterocycles. The zero-order valence-electron chi connectivity index (χ0n) is 11.2. The lowest BCUT2D eigenvalue weighted by Crippen LogP contribution is -2.33. The van der Waals surface area contributed by atoms with Gasteiger partial charge in [-0.05, 0) is 18.6 Å². The summed E-state index contributed by atoms with van der Waals surface area (Å²) < 4.78 is 3.04. The standard InChI is InChI=1S/C14H23N2/c1-8-13-14(11(2)3)12(9-15(13)4)10-16(5,6)7/h8-9H,1-2,10H2,3-7H3/q+1. The van der Waals surface area contributed by atoms with Crippen LogP contribution in [0.4, 0.5) is 0 Å². The first-order valence-corrected chi connectivity index (χ1v) is 5.53. The highest BCUT2D eigenvalue weighted by molar-refractivity contribution is 5.73. The van der Waals surface area contributed by atoms with Crippen molar-refractivity contribution in [3.8, 4) is 0 Å². The lowest BCUT2D eigenvalue weighted by atomic mass is 10.0. The molecule has 1 heterocycles. The van der Waals surface area contributed by atoms with Crippen LogP contribution in [0.25, 0.3) is 11.6 Å². The monoisotopic (exact) mass is 219 g/mol. The van der Waals surface area contributed by atoms with Gasteiger partial charge in [-0.15, -0.1) is 0 Å². The molecule has 2 nitrogen and oxygen atoms in total. The van der Waals surface area contributed by atoms with E-state index in [1.165, 1.54) is 11.1 Å². The number of rotatable bonds is 4. The molecule has 0 saturated carbocycles. The molecular weight excluding hydrogens is 196 g/mol. The van der Waals surface area contributed by atoms with Gasteiger partial charge in [0.2, 0.25) is 0 Å². The fourth-order valence-corrected chi connectivity index (χ4v) is 2.08. The summed E-state index contributed by atoms with van der Waals surface area (Å²) in [5.74, 6) is 0. The summed E-state index contributed by atoms with van der Waals surface area (Å²) in [5.41, 5.74) is 4.87. The number of quaternary nitrogens is 1. The van der Waals surface area contributed by atoms with E-state index < -0.39 is 0 Å². The third-order valence-electron chi connectivity index (χ3n) is 2.57. The summed E-state index contributed by atoms with van der Waals surface area (Å²) in [4.78, 5) is 0. The van der Waals surface area contributed by atoms with E-state index in [0.717, 1.165) is 22.3 Å². The van der Waals surface area contributed by atoms with Gasteiger partial charge in [-0.1, -0.05) is 13.2 Å². The number of aryl methyl sites for hydroxylation is 1. The quantitative estimate of drug-likeness (QED) is 0.686. The molecule has 0 N–H and O–H groups in total. The summed E-state index contributed by atoms with van der Waals surface area (Å²) in [6.45, 7) is 11.0. The van der Waals surface area contributed by atoms with Crippen molar-refractivity contribution in [2.24, 2.45) is 7.05 Å². The fraction of sp³-hybridized carbons (Fsp3) is 0.429. The van der Waals surface area contributed by atoms with E-state index in [9.17, 15) is 0 Å². The van der Waals surface area contributed by atoms with E-state index in [1.54, 1.807) is 0 Å². The SMILES string of the molecule is C=Cc1c(C(=C)C)c(C[N+](C)(C)C)cn1C. The minimum Gasteiger partial charge on any atom is -0.350 e. The van der Waals surface area contributed by atoms with E-state index in [2.05, 4.69) is 59.0 Å². The summed E-state index contributed by atoms with van der Waals surface area (Å²) >= 11 is 0. The average Bonchev–Trinajstić information content (AvgIpc) is 2.38. The Labute approximate surface area is 99.1 Å². The van der Waals surface area contributed by atoms with Crippen molar-refractivity contribution < 1.29 is 4.48 Å². The first kappa shape index (κ1) is 12.8. The predicted molar refractivity (Wildman–Crippen MR) is 71.9 cm³/mol. The topological polar surface area (TPSA) is 4.93 Å². The van der Waals surface area contributed by atoms with Crippen molar-refractivity contribution in [1.29, 1.82) is 0 Å². The minimum atomic E-state index is 0.918. The van der Waals surface area contributed by atoms with Crippen molar-refractivity contribution >= 4 is 11.6 Å². The molecule has 0 amide bonds. The minimum absolute atomic E-state index is 0.918. The van der Waals surface area contributed by atoms with Gasteiger partial charge >= 0.3 is 0 Å². The van der Waals surface area contributed by atoms with Gasteiger partial charge in [-0.3, -0.25) is 0 Å². The van der Waals surface area contributed by atoms with Gasteiger partial charge in [0.25, 0.3) is 0 Å². The Morgan fingerprint density at radius 2 is 2.00 bits per heavy atom. The van der Waals surface area contributed by atoms with Crippen LogP contribution in [0, 0.1) is 0 Å². The summed E-state index contributed by atoms with van der Waals surface area (Å²) in [7, 11) is 8.65. The van der Waals surface area contributed by atoms with E-state index in [4.69, 9.17) is 0 Å². The van der Waals surface area contributed by atoms with Gasteiger partial charge in [0.15, 0.2) is 0 Å². The maximum absolute atomic E-state index is 4.07. The Morgan fingerprint density at radius 1 is 1.44 bits per heavy atom.